The van der Waals surface area contributed by atoms with Gasteiger partial charge < -0.3 is 11.1 Å². The van der Waals surface area contributed by atoms with Crippen LogP contribution in [0.4, 0.5) is 11.5 Å². The summed E-state index contributed by atoms with van der Waals surface area (Å²) in [4.78, 5) is 0. The monoisotopic (exact) mass is 210 g/mol. The number of nitrogens with one attached hydrogen (secondary N) is 1. The summed E-state index contributed by atoms with van der Waals surface area (Å²) in [5.74, 6) is 0.932. The highest BCUT2D eigenvalue weighted by atomic mass is 15.3. The zero-order chi connectivity index (χ0) is 11.6. The lowest BCUT2D eigenvalue weighted by Gasteiger charge is -2.19. The number of rotatable bonds is 3. The minimum absolute atomic E-state index is 0.239. The Morgan fingerprint density at radius 2 is 2.00 bits per heavy atom. The van der Waals surface area contributed by atoms with Crippen molar-refractivity contribution in [1.29, 1.82) is 0 Å². The Balaban J connectivity index is 2.81. The molecule has 15 heavy (non-hydrogen) atoms. The van der Waals surface area contributed by atoms with Gasteiger partial charge in [-0.3, -0.25) is 4.68 Å². The molecule has 0 aliphatic heterocycles. The first-order valence-electron chi connectivity index (χ1n) is 5.40. The van der Waals surface area contributed by atoms with Gasteiger partial charge in [-0.2, -0.15) is 5.10 Å². The molecule has 0 unspecified atom stereocenters. The van der Waals surface area contributed by atoms with Gasteiger partial charge in [0.05, 0.1) is 11.4 Å². The standard InChI is InChI=1S/C11H22N4/c1-6-8-9(12)10(15(5)14-8)13-7-11(2,3)4/h13H,6-7,12H2,1-5H3. The number of nitrogen functional groups attached to an aromatic ring is 1. The maximum absolute atomic E-state index is 6.00. The lowest BCUT2D eigenvalue weighted by atomic mass is 9.97. The summed E-state index contributed by atoms with van der Waals surface area (Å²) in [5, 5.41) is 7.71. The van der Waals surface area contributed by atoms with E-state index in [-0.39, 0.29) is 5.41 Å². The van der Waals surface area contributed by atoms with Crippen LogP contribution in [-0.2, 0) is 13.5 Å². The van der Waals surface area contributed by atoms with Crippen LogP contribution in [0, 0.1) is 5.41 Å². The molecule has 1 aromatic rings. The largest absolute Gasteiger partial charge is 0.394 e. The average Bonchev–Trinajstić information content (AvgIpc) is 2.37. The maximum atomic E-state index is 6.00. The predicted octanol–water partition coefficient (Wildman–Crippen LogP) is 2.02. The predicted molar refractivity (Wildman–Crippen MR) is 64.9 cm³/mol. The number of aryl methyl sites for hydroxylation is 2. The van der Waals surface area contributed by atoms with E-state index in [9.17, 15) is 0 Å². The van der Waals surface area contributed by atoms with Crippen LogP contribution in [0.15, 0.2) is 0 Å². The molecule has 0 fully saturated rings. The molecule has 0 spiro atoms. The molecule has 0 saturated heterocycles. The van der Waals surface area contributed by atoms with Crippen LogP contribution in [0.1, 0.15) is 33.4 Å². The summed E-state index contributed by atoms with van der Waals surface area (Å²) in [6, 6.07) is 0. The molecule has 0 aromatic carbocycles. The molecule has 86 valence electrons. The Labute approximate surface area is 91.8 Å². The van der Waals surface area contributed by atoms with Gasteiger partial charge in [-0.05, 0) is 11.8 Å². The lowest BCUT2D eigenvalue weighted by Crippen LogP contribution is -2.20. The second-order valence-corrected chi connectivity index (χ2v) is 5.10. The molecule has 1 aromatic heterocycles. The minimum Gasteiger partial charge on any atom is -0.394 e. The van der Waals surface area contributed by atoms with Crippen molar-refractivity contribution in [1.82, 2.24) is 9.78 Å². The van der Waals surface area contributed by atoms with E-state index in [0.29, 0.717) is 0 Å². The molecule has 1 heterocycles. The molecule has 0 radical (unpaired) electrons. The third kappa shape index (κ3) is 2.88. The topological polar surface area (TPSA) is 55.9 Å². The molecule has 0 atom stereocenters. The number of nitrogens with zero attached hydrogens (tertiary/aromatic N) is 2. The Morgan fingerprint density at radius 1 is 1.40 bits per heavy atom. The van der Waals surface area contributed by atoms with Crippen LogP contribution in [-0.4, -0.2) is 16.3 Å². The number of anilines is 2. The van der Waals surface area contributed by atoms with Crippen molar-refractivity contribution in [2.45, 2.75) is 34.1 Å². The average molecular weight is 210 g/mol. The van der Waals surface area contributed by atoms with E-state index in [1.807, 2.05) is 11.7 Å². The summed E-state index contributed by atoms with van der Waals surface area (Å²) in [7, 11) is 1.92. The number of hydrogen-bond donors (Lipinski definition) is 2. The first-order chi connectivity index (χ1) is 6.85. The van der Waals surface area contributed by atoms with E-state index in [0.717, 1.165) is 30.2 Å². The second-order valence-electron chi connectivity index (χ2n) is 5.10. The van der Waals surface area contributed by atoms with Crippen molar-refractivity contribution in [2.75, 3.05) is 17.6 Å². The fraction of sp³-hybridized carbons (Fsp3) is 0.727. The van der Waals surface area contributed by atoms with Gasteiger partial charge in [-0.1, -0.05) is 27.7 Å². The van der Waals surface area contributed by atoms with Crippen LogP contribution in [0.2, 0.25) is 0 Å². The quantitative estimate of drug-likeness (QED) is 0.802. The van der Waals surface area contributed by atoms with E-state index in [1.165, 1.54) is 0 Å². The molecule has 1 rings (SSSR count). The summed E-state index contributed by atoms with van der Waals surface area (Å²) < 4.78 is 1.82. The van der Waals surface area contributed by atoms with Crippen molar-refractivity contribution in [3.63, 3.8) is 0 Å². The molecule has 0 saturated carbocycles. The van der Waals surface area contributed by atoms with Crippen molar-refractivity contribution < 1.29 is 0 Å². The fourth-order valence-electron chi connectivity index (χ4n) is 1.42. The smallest absolute Gasteiger partial charge is 0.147 e. The lowest BCUT2D eigenvalue weighted by molar-refractivity contribution is 0.441. The third-order valence-electron chi connectivity index (χ3n) is 2.28. The summed E-state index contributed by atoms with van der Waals surface area (Å²) in [6.07, 6.45) is 0.872. The van der Waals surface area contributed by atoms with E-state index >= 15 is 0 Å². The van der Waals surface area contributed by atoms with Crippen molar-refractivity contribution in [3.8, 4) is 0 Å². The highest BCUT2D eigenvalue weighted by Gasteiger charge is 2.15. The second kappa shape index (κ2) is 4.13. The van der Waals surface area contributed by atoms with Crippen molar-refractivity contribution in [2.24, 2.45) is 12.5 Å². The molecule has 0 amide bonds. The Hall–Kier alpha value is -1.19. The van der Waals surface area contributed by atoms with Gasteiger partial charge in [-0.25, -0.2) is 0 Å². The number of nitrogens with two attached hydrogens (primary N) is 1. The van der Waals surface area contributed by atoms with Crippen LogP contribution in [0.5, 0.6) is 0 Å². The Kier molecular flexibility index (Phi) is 3.27. The number of hydrogen-bond acceptors (Lipinski definition) is 3. The number of aromatic nitrogens is 2. The summed E-state index contributed by atoms with van der Waals surface area (Å²) in [6.45, 7) is 9.51. The van der Waals surface area contributed by atoms with Gasteiger partial charge in [0.25, 0.3) is 0 Å². The third-order valence-corrected chi connectivity index (χ3v) is 2.28. The fourth-order valence-corrected chi connectivity index (χ4v) is 1.42. The van der Waals surface area contributed by atoms with Crippen LogP contribution in [0.3, 0.4) is 0 Å². The summed E-state index contributed by atoms with van der Waals surface area (Å²) in [5.41, 5.74) is 7.99. The van der Waals surface area contributed by atoms with Crippen molar-refractivity contribution >= 4 is 11.5 Å². The zero-order valence-corrected chi connectivity index (χ0v) is 10.4. The molecule has 4 heteroatoms. The maximum Gasteiger partial charge on any atom is 0.147 e. The summed E-state index contributed by atoms with van der Waals surface area (Å²) >= 11 is 0. The highest BCUT2D eigenvalue weighted by molar-refractivity contribution is 5.65. The van der Waals surface area contributed by atoms with E-state index in [1.54, 1.807) is 0 Å². The van der Waals surface area contributed by atoms with Gasteiger partial charge >= 0.3 is 0 Å². The zero-order valence-electron chi connectivity index (χ0n) is 10.4. The molecule has 0 aliphatic rings. The van der Waals surface area contributed by atoms with Gasteiger partial charge in [0.2, 0.25) is 0 Å². The van der Waals surface area contributed by atoms with Gasteiger partial charge in [0.1, 0.15) is 5.82 Å². The molecule has 3 N–H and O–H groups in total. The first kappa shape index (κ1) is 11.9. The van der Waals surface area contributed by atoms with Gasteiger partial charge in [0, 0.05) is 13.6 Å². The van der Waals surface area contributed by atoms with Crippen molar-refractivity contribution in [3.05, 3.63) is 5.69 Å². The SMILES string of the molecule is CCc1nn(C)c(NCC(C)(C)C)c1N. The Morgan fingerprint density at radius 3 is 2.40 bits per heavy atom. The molecular weight excluding hydrogens is 188 g/mol. The molecule has 4 nitrogen and oxygen atoms in total. The highest BCUT2D eigenvalue weighted by Crippen LogP contribution is 2.24. The van der Waals surface area contributed by atoms with E-state index < -0.39 is 0 Å². The molecular formula is C11H22N4. The first-order valence-corrected chi connectivity index (χ1v) is 5.40. The van der Waals surface area contributed by atoms with E-state index in [4.69, 9.17) is 5.73 Å². The van der Waals surface area contributed by atoms with Crippen LogP contribution in [0.25, 0.3) is 0 Å². The Bertz CT molecular complexity index is 333. The molecule has 0 aliphatic carbocycles. The molecule has 0 bridgehead atoms. The van der Waals surface area contributed by atoms with Gasteiger partial charge in [-0.15, -0.1) is 0 Å². The van der Waals surface area contributed by atoms with E-state index in [2.05, 4.69) is 38.1 Å². The van der Waals surface area contributed by atoms with Crippen LogP contribution < -0.4 is 11.1 Å². The van der Waals surface area contributed by atoms with Gasteiger partial charge in [0.15, 0.2) is 0 Å². The normalized spacial score (nSPS) is 11.8. The van der Waals surface area contributed by atoms with Crippen LogP contribution >= 0.6 is 0 Å². The minimum atomic E-state index is 0.239.